The number of benzene rings is 1. The molecule has 2 rings (SSSR count). The van der Waals surface area contributed by atoms with E-state index in [9.17, 15) is 4.79 Å². The first kappa shape index (κ1) is 15.6. The third-order valence-corrected chi connectivity index (χ3v) is 3.52. The van der Waals surface area contributed by atoms with E-state index in [1.165, 1.54) is 7.11 Å². The molecule has 0 radical (unpaired) electrons. The Morgan fingerprint density at radius 2 is 2.48 bits per heavy atom. The number of nitrogens with zero attached hydrogens (tertiary/aromatic N) is 2. The van der Waals surface area contributed by atoms with Crippen molar-refractivity contribution in [1.29, 1.82) is 5.26 Å². The molecule has 0 spiro atoms. The van der Waals surface area contributed by atoms with E-state index in [1.807, 2.05) is 4.90 Å². The van der Waals surface area contributed by atoms with Gasteiger partial charge in [-0.25, -0.2) is 0 Å². The van der Waals surface area contributed by atoms with Gasteiger partial charge in [0.25, 0.3) is 0 Å². The number of methoxy groups -OCH3 is 1. The van der Waals surface area contributed by atoms with Gasteiger partial charge in [0.15, 0.2) is 0 Å². The molecule has 1 atom stereocenters. The largest absolute Gasteiger partial charge is 0.495 e. The average Bonchev–Trinajstić information content (AvgIpc) is 2.48. The molecule has 1 aromatic carbocycles. The summed E-state index contributed by atoms with van der Waals surface area (Å²) in [5, 5.41) is 15.5. The first-order chi connectivity index (χ1) is 10.1. The molecule has 0 bridgehead atoms. The Morgan fingerprint density at radius 1 is 1.67 bits per heavy atom. The average molecular weight is 309 g/mol. The van der Waals surface area contributed by atoms with E-state index in [1.54, 1.807) is 18.2 Å². The Balaban J connectivity index is 2.01. The monoisotopic (exact) mass is 308 g/mol. The SMILES string of the molecule is COc1ccc(Cl)cc1NC(=O)CN1CCNCC1C#N. The molecule has 1 aliphatic heterocycles. The van der Waals surface area contributed by atoms with Crippen LogP contribution in [0.2, 0.25) is 5.02 Å². The summed E-state index contributed by atoms with van der Waals surface area (Å²) in [4.78, 5) is 14.0. The summed E-state index contributed by atoms with van der Waals surface area (Å²) in [6, 6.07) is 6.93. The van der Waals surface area contributed by atoms with E-state index in [0.29, 0.717) is 29.5 Å². The number of carbonyl (C=O) groups excluding carboxylic acids is 1. The Hall–Kier alpha value is -1.81. The zero-order valence-corrected chi connectivity index (χ0v) is 12.5. The third-order valence-electron chi connectivity index (χ3n) is 3.29. The van der Waals surface area contributed by atoms with Gasteiger partial charge in [0.05, 0.1) is 25.4 Å². The summed E-state index contributed by atoms with van der Waals surface area (Å²) in [5.41, 5.74) is 0.527. The van der Waals surface area contributed by atoms with Crippen molar-refractivity contribution in [3.63, 3.8) is 0 Å². The van der Waals surface area contributed by atoms with Gasteiger partial charge in [0, 0.05) is 24.7 Å². The first-order valence-electron chi connectivity index (χ1n) is 6.62. The topological polar surface area (TPSA) is 77.4 Å². The van der Waals surface area contributed by atoms with E-state index in [2.05, 4.69) is 16.7 Å². The minimum absolute atomic E-state index is 0.162. The van der Waals surface area contributed by atoms with Crippen LogP contribution in [-0.2, 0) is 4.79 Å². The predicted molar refractivity (Wildman–Crippen MR) is 80.5 cm³/mol. The molecule has 1 saturated heterocycles. The molecule has 0 aromatic heterocycles. The molecule has 0 saturated carbocycles. The van der Waals surface area contributed by atoms with Gasteiger partial charge in [-0.1, -0.05) is 11.6 Å². The van der Waals surface area contributed by atoms with Crippen molar-refractivity contribution in [3.05, 3.63) is 23.2 Å². The summed E-state index contributed by atoms with van der Waals surface area (Å²) in [6.07, 6.45) is 0. The zero-order valence-electron chi connectivity index (χ0n) is 11.7. The molecule has 1 aliphatic rings. The quantitative estimate of drug-likeness (QED) is 0.870. The van der Waals surface area contributed by atoms with Crippen molar-refractivity contribution in [1.82, 2.24) is 10.2 Å². The van der Waals surface area contributed by atoms with Crippen molar-refractivity contribution < 1.29 is 9.53 Å². The van der Waals surface area contributed by atoms with Gasteiger partial charge in [-0.15, -0.1) is 0 Å². The van der Waals surface area contributed by atoms with Gasteiger partial charge in [-0.3, -0.25) is 9.69 Å². The fraction of sp³-hybridized carbons (Fsp3) is 0.429. The number of nitrogens with one attached hydrogen (secondary N) is 2. The molecule has 1 fully saturated rings. The highest BCUT2D eigenvalue weighted by molar-refractivity contribution is 6.31. The predicted octanol–water partition coefficient (Wildman–Crippen LogP) is 1.08. The summed E-state index contributed by atoms with van der Waals surface area (Å²) >= 11 is 5.93. The molecule has 1 heterocycles. The molecule has 2 N–H and O–H groups in total. The van der Waals surface area contributed by atoms with Crippen LogP contribution < -0.4 is 15.4 Å². The highest BCUT2D eigenvalue weighted by atomic mass is 35.5. The number of halogens is 1. The summed E-state index contributed by atoms with van der Waals surface area (Å²) in [6.45, 7) is 2.17. The molecular formula is C14H17ClN4O2. The number of anilines is 1. The zero-order chi connectivity index (χ0) is 15.2. The van der Waals surface area contributed by atoms with E-state index in [-0.39, 0.29) is 18.5 Å². The molecule has 1 amide bonds. The minimum atomic E-state index is -0.286. The lowest BCUT2D eigenvalue weighted by atomic mass is 10.2. The lowest BCUT2D eigenvalue weighted by Gasteiger charge is -2.31. The van der Waals surface area contributed by atoms with Crippen molar-refractivity contribution in [2.24, 2.45) is 0 Å². The van der Waals surface area contributed by atoms with Crippen molar-refractivity contribution >= 4 is 23.2 Å². The molecule has 6 nitrogen and oxygen atoms in total. The number of hydrogen-bond acceptors (Lipinski definition) is 5. The van der Waals surface area contributed by atoms with Crippen LogP contribution in [0.5, 0.6) is 5.75 Å². The molecule has 7 heteroatoms. The Kier molecular flexibility index (Phi) is 5.39. The fourth-order valence-corrected chi connectivity index (χ4v) is 2.39. The van der Waals surface area contributed by atoms with Crippen LogP contribution in [0.3, 0.4) is 0 Å². The summed E-state index contributed by atoms with van der Waals surface area (Å²) < 4.78 is 5.18. The molecule has 21 heavy (non-hydrogen) atoms. The van der Waals surface area contributed by atoms with E-state index >= 15 is 0 Å². The standard InChI is InChI=1S/C14H17ClN4O2/c1-21-13-3-2-10(15)6-12(13)18-14(20)9-19-5-4-17-8-11(19)7-16/h2-3,6,11,17H,4-5,8-9H2,1H3,(H,18,20). The maximum atomic E-state index is 12.1. The lowest BCUT2D eigenvalue weighted by molar-refractivity contribution is -0.117. The van der Waals surface area contributed by atoms with E-state index < -0.39 is 0 Å². The second kappa shape index (κ2) is 7.27. The fourth-order valence-electron chi connectivity index (χ4n) is 2.22. The highest BCUT2D eigenvalue weighted by Crippen LogP contribution is 2.27. The van der Waals surface area contributed by atoms with Crippen molar-refractivity contribution in [3.8, 4) is 11.8 Å². The molecule has 112 valence electrons. The highest BCUT2D eigenvalue weighted by Gasteiger charge is 2.24. The Morgan fingerprint density at radius 3 is 3.19 bits per heavy atom. The van der Waals surface area contributed by atoms with Crippen LogP contribution in [0.4, 0.5) is 5.69 Å². The van der Waals surface area contributed by atoms with Crippen LogP contribution in [0.1, 0.15) is 0 Å². The first-order valence-corrected chi connectivity index (χ1v) is 6.99. The van der Waals surface area contributed by atoms with Crippen LogP contribution in [-0.4, -0.2) is 50.1 Å². The van der Waals surface area contributed by atoms with Gasteiger partial charge in [0.2, 0.25) is 5.91 Å². The number of rotatable bonds is 4. The lowest BCUT2D eigenvalue weighted by Crippen LogP contribution is -2.52. The Bertz CT molecular complexity index is 558. The maximum Gasteiger partial charge on any atom is 0.238 e. The van der Waals surface area contributed by atoms with Crippen molar-refractivity contribution in [2.45, 2.75) is 6.04 Å². The number of ether oxygens (including phenoxy) is 1. The maximum absolute atomic E-state index is 12.1. The van der Waals surface area contributed by atoms with Crippen LogP contribution in [0, 0.1) is 11.3 Å². The van der Waals surface area contributed by atoms with Crippen molar-refractivity contribution in [2.75, 3.05) is 38.6 Å². The summed E-state index contributed by atoms with van der Waals surface area (Å²) in [7, 11) is 1.53. The van der Waals surface area contributed by atoms with E-state index in [4.69, 9.17) is 21.6 Å². The molecule has 1 aromatic rings. The smallest absolute Gasteiger partial charge is 0.238 e. The van der Waals surface area contributed by atoms with Gasteiger partial charge in [-0.05, 0) is 18.2 Å². The third kappa shape index (κ3) is 4.08. The molecule has 0 aliphatic carbocycles. The number of hydrogen-bond donors (Lipinski definition) is 2. The molecular weight excluding hydrogens is 292 g/mol. The number of piperazine rings is 1. The number of nitriles is 1. The normalized spacial score (nSPS) is 18.8. The number of carbonyl (C=O) groups is 1. The van der Waals surface area contributed by atoms with Crippen LogP contribution >= 0.6 is 11.6 Å². The summed E-state index contributed by atoms with van der Waals surface area (Å²) in [5.74, 6) is 0.350. The Labute approximate surface area is 128 Å². The second-order valence-electron chi connectivity index (χ2n) is 4.71. The van der Waals surface area contributed by atoms with Gasteiger partial charge in [0.1, 0.15) is 11.8 Å². The molecule has 1 unspecified atom stereocenters. The van der Waals surface area contributed by atoms with Gasteiger partial charge < -0.3 is 15.4 Å². The number of amides is 1. The minimum Gasteiger partial charge on any atom is -0.495 e. The van der Waals surface area contributed by atoms with E-state index in [0.717, 1.165) is 6.54 Å². The van der Waals surface area contributed by atoms with Gasteiger partial charge in [-0.2, -0.15) is 5.26 Å². The van der Waals surface area contributed by atoms with Gasteiger partial charge >= 0.3 is 0 Å². The second-order valence-corrected chi connectivity index (χ2v) is 5.15. The van der Waals surface area contributed by atoms with Crippen LogP contribution in [0.25, 0.3) is 0 Å². The van der Waals surface area contributed by atoms with Crippen LogP contribution in [0.15, 0.2) is 18.2 Å².